The first kappa shape index (κ1) is 8.22. The third-order valence-corrected chi connectivity index (χ3v) is 3.89. The molecule has 72 valence electrons. The summed E-state index contributed by atoms with van der Waals surface area (Å²) >= 11 is 0. The lowest BCUT2D eigenvalue weighted by atomic mass is 9.65. The van der Waals surface area contributed by atoms with Gasteiger partial charge in [-0.1, -0.05) is 30.3 Å². The number of Topliss-reactive ketones (excluding diaryl/α,β-unsaturated/α-hetero) is 1. The van der Waals surface area contributed by atoms with Crippen molar-refractivity contribution in [2.45, 2.75) is 25.7 Å². The van der Waals surface area contributed by atoms with Gasteiger partial charge < -0.3 is 0 Å². The molecule has 2 atom stereocenters. The minimum Gasteiger partial charge on any atom is -0.299 e. The summed E-state index contributed by atoms with van der Waals surface area (Å²) in [5.74, 6) is 0.972. The fourth-order valence-electron chi connectivity index (χ4n) is 3.11. The Morgan fingerprint density at radius 1 is 1.29 bits per heavy atom. The van der Waals surface area contributed by atoms with E-state index in [0.29, 0.717) is 11.7 Å². The van der Waals surface area contributed by atoms with E-state index in [9.17, 15) is 4.79 Å². The highest BCUT2D eigenvalue weighted by Gasteiger charge is 2.58. The van der Waals surface area contributed by atoms with Crippen LogP contribution in [0.25, 0.3) is 0 Å². The van der Waals surface area contributed by atoms with Crippen LogP contribution < -0.4 is 0 Å². The second kappa shape index (κ2) is 2.69. The Balaban J connectivity index is 1.83. The van der Waals surface area contributed by atoms with Gasteiger partial charge in [0.05, 0.1) is 0 Å². The van der Waals surface area contributed by atoms with Crippen molar-refractivity contribution < 1.29 is 4.79 Å². The lowest BCUT2D eigenvalue weighted by Gasteiger charge is -2.36. The molecule has 3 aliphatic rings. The predicted molar refractivity (Wildman–Crippen MR) is 54.9 cm³/mol. The maximum atomic E-state index is 11.8. The number of fused-ring (bicyclic) bond motifs is 1. The molecular weight excluding hydrogens is 172 g/mol. The SMILES string of the molecule is O=C1C2CCC1(Cc1ccccc1)C2. The molecule has 0 spiro atoms. The number of ketones is 1. The van der Waals surface area contributed by atoms with Crippen LogP contribution in [0.4, 0.5) is 0 Å². The van der Waals surface area contributed by atoms with Gasteiger partial charge in [-0.15, -0.1) is 0 Å². The highest BCUT2D eigenvalue weighted by Crippen LogP contribution is 2.57. The van der Waals surface area contributed by atoms with Crippen LogP contribution in [-0.4, -0.2) is 5.78 Å². The van der Waals surface area contributed by atoms with E-state index in [2.05, 4.69) is 24.3 Å². The number of benzene rings is 1. The summed E-state index contributed by atoms with van der Waals surface area (Å²) in [6, 6.07) is 10.4. The topological polar surface area (TPSA) is 17.1 Å². The molecule has 0 aliphatic heterocycles. The molecule has 3 fully saturated rings. The summed E-state index contributed by atoms with van der Waals surface area (Å²) in [5.41, 5.74) is 1.38. The van der Waals surface area contributed by atoms with Gasteiger partial charge in [-0.3, -0.25) is 4.79 Å². The van der Waals surface area contributed by atoms with Crippen LogP contribution in [0.2, 0.25) is 0 Å². The number of rotatable bonds is 2. The molecule has 1 aromatic carbocycles. The molecule has 14 heavy (non-hydrogen) atoms. The number of hydrogen-bond donors (Lipinski definition) is 0. The average Bonchev–Trinajstić information content (AvgIpc) is 2.76. The van der Waals surface area contributed by atoms with Crippen LogP contribution in [0.5, 0.6) is 0 Å². The lowest BCUT2D eigenvalue weighted by molar-refractivity contribution is -0.138. The molecule has 0 saturated heterocycles. The number of hydrogen-bond acceptors (Lipinski definition) is 1. The molecule has 0 aromatic heterocycles. The zero-order valence-corrected chi connectivity index (χ0v) is 8.20. The Bertz CT molecular complexity index is 364. The molecule has 4 rings (SSSR count). The smallest absolute Gasteiger partial charge is 0.142 e. The number of carbonyl (C=O) groups excluding carboxylic acids is 1. The van der Waals surface area contributed by atoms with Crippen molar-refractivity contribution in [1.29, 1.82) is 0 Å². The molecular formula is C13H14O. The maximum absolute atomic E-state index is 11.8. The van der Waals surface area contributed by atoms with Crippen LogP contribution in [0, 0.1) is 11.3 Å². The molecule has 0 amide bonds. The van der Waals surface area contributed by atoms with Gasteiger partial charge in [0, 0.05) is 11.3 Å². The normalized spacial score (nSPS) is 34.3. The molecule has 2 bridgehead atoms. The van der Waals surface area contributed by atoms with Crippen molar-refractivity contribution >= 4 is 5.78 Å². The van der Waals surface area contributed by atoms with Gasteiger partial charge in [-0.05, 0) is 31.2 Å². The molecule has 0 heterocycles. The van der Waals surface area contributed by atoms with Gasteiger partial charge in [0.15, 0.2) is 0 Å². The van der Waals surface area contributed by atoms with Gasteiger partial charge in [0.2, 0.25) is 0 Å². The quantitative estimate of drug-likeness (QED) is 0.693. The highest BCUT2D eigenvalue weighted by atomic mass is 16.1. The largest absolute Gasteiger partial charge is 0.299 e. The Morgan fingerprint density at radius 2 is 2.07 bits per heavy atom. The standard InChI is InChI=1S/C13H14O/c14-12-11-6-7-13(12,9-11)8-10-4-2-1-3-5-10/h1-5,11H,6-9H2. The second-order valence-corrected chi connectivity index (χ2v) is 4.75. The summed E-state index contributed by atoms with van der Waals surface area (Å²) in [5, 5.41) is 0. The Kier molecular flexibility index (Phi) is 1.58. The summed E-state index contributed by atoms with van der Waals surface area (Å²) in [4.78, 5) is 11.8. The average molecular weight is 186 g/mol. The molecule has 1 heteroatoms. The number of carbonyl (C=O) groups is 1. The summed E-state index contributed by atoms with van der Waals surface area (Å²) < 4.78 is 0. The fourth-order valence-corrected chi connectivity index (χ4v) is 3.11. The predicted octanol–water partition coefficient (Wildman–Crippen LogP) is 2.60. The van der Waals surface area contributed by atoms with E-state index in [-0.39, 0.29) is 5.41 Å². The van der Waals surface area contributed by atoms with E-state index in [1.807, 2.05) is 6.07 Å². The zero-order chi connectivity index (χ0) is 9.60. The van der Waals surface area contributed by atoms with Gasteiger partial charge in [0.1, 0.15) is 5.78 Å². The Morgan fingerprint density at radius 3 is 2.64 bits per heavy atom. The fraction of sp³-hybridized carbons (Fsp3) is 0.462. The summed E-state index contributed by atoms with van der Waals surface area (Å²) in [6.45, 7) is 0. The molecule has 3 saturated carbocycles. The van der Waals surface area contributed by atoms with E-state index < -0.39 is 0 Å². The van der Waals surface area contributed by atoms with E-state index in [1.54, 1.807) is 0 Å². The molecule has 0 N–H and O–H groups in total. The summed E-state index contributed by atoms with van der Waals surface area (Å²) in [7, 11) is 0. The first-order chi connectivity index (χ1) is 6.80. The van der Waals surface area contributed by atoms with Crippen LogP contribution in [0.3, 0.4) is 0 Å². The van der Waals surface area contributed by atoms with Crippen molar-refractivity contribution in [2.75, 3.05) is 0 Å². The van der Waals surface area contributed by atoms with Crippen LogP contribution >= 0.6 is 0 Å². The maximum Gasteiger partial charge on any atom is 0.142 e. The van der Waals surface area contributed by atoms with E-state index in [4.69, 9.17) is 0 Å². The van der Waals surface area contributed by atoms with Crippen molar-refractivity contribution in [3.8, 4) is 0 Å². The molecule has 3 aliphatic carbocycles. The highest BCUT2D eigenvalue weighted by molar-refractivity contribution is 5.95. The van der Waals surface area contributed by atoms with Crippen molar-refractivity contribution in [2.24, 2.45) is 11.3 Å². The van der Waals surface area contributed by atoms with Crippen LogP contribution in [-0.2, 0) is 11.2 Å². The molecule has 1 aromatic rings. The van der Waals surface area contributed by atoms with Crippen molar-refractivity contribution in [1.82, 2.24) is 0 Å². The van der Waals surface area contributed by atoms with E-state index >= 15 is 0 Å². The van der Waals surface area contributed by atoms with Crippen LogP contribution in [0.15, 0.2) is 30.3 Å². The Hall–Kier alpha value is -1.11. The van der Waals surface area contributed by atoms with Gasteiger partial charge >= 0.3 is 0 Å². The monoisotopic (exact) mass is 186 g/mol. The van der Waals surface area contributed by atoms with E-state index in [1.165, 1.54) is 5.56 Å². The lowest BCUT2D eigenvalue weighted by Crippen LogP contribution is -2.42. The molecule has 2 unspecified atom stereocenters. The zero-order valence-electron chi connectivity index (χ0n) is 8.20. The molecule has 0 radical (unpaired) electrons. The van der Waals surface area contributed by atoms with E-state index in [0.717, 1.165) is 25.7 Å². The minimum absolute atomic E-state index is 0.0615. The van der Waals surface area contributed by atoms with Gasteiger partial charge in [-0.2, -0.15) is 0 Å². The summed E-state index contributed by atoms with van der Waals surface area (Å²) in [6.07, 6.45) is 4.40. The third kappa shape index (κ3) is 0.985. The molecule has 1 nitrogen and oxygen atoms in total. The van der Waals surface area contributed by atoms with Crippen LogP contribution in [0.1, 0.15) is 24.8 Å². The van der Waals surface area contributed by atoms with Gasteiger partial charge in [0.25, 0.3) is 0 Å². The van der Waals surface area contributed by atoms with Gasteiger partial charge in [-0.25, -0.2) is 0 Å². The first-order valence-corrected chi connectivity index (χ1v) is 5.38. The van der Waals surface area contributed by atoms with Crippen molar-refractivity contribution in [3.05, 3.63) is 35.9 Å². The first-order valence-electron chi connectivity index (χ1n) is 5.38. The third-order valence-electron chi connectivity index (χ3n) is 3.89. The minimum atomic E-state index is 0.0615. The van der Waals surface area contributed by atoms with Crippen molar-refractivity contribution in [3.63, 3.8) is 0 Å². The Labute approximate surface area is 84.1 Å². The second-order valence-electron chi connectivity index (χ2n) is 4.75.